The number of hydrogen-bond donors (Lipinski definition) is 2. The minimum Gasteiger partial charge on any atom is -0.490 e. The molecule has 1 rings (SSSR count). The third-order valence-corrected chi connectivity index (χ3v) is 3.51. The van der Waals surface area contributed by atoms with Gasteiger partial charge in [0, 0.05) is 0 Å². The van der Waals surface area contributed by atoms with Gasteiger partial charge in [0.2, 0.25) is 9.54 Å². The molecule has 0 spiro atoms. The number of amides is 1. The molecule has 2 N–H and O–H groups in total. The third kappa shape index (κ3) is 8.64. The van der Waals surface area contributed by atoms with Crippen LogP contribution in [0.25, 0.3) is 0 Å². The van der Waals surface area contributed by atoms with Crippen molar-refractivity contribution in [1.29, 1.82) is 0 Å². The summed E-state index contributed by atoms with van der Waals surface area (Å²) in [5.41, 5.74) is 0.176. The topological polar surface area (TPSA) is 103 Å². The van der Waals surface area contributed by atoms with Gasteiger partial charge in [-0.15, -0.1) is 0 Å². The van der Waals surface area contributed by atoms with Crippen molar-refractivity contribution >= 4 is 46.9 Å². The molecule has 0 aliphatic rings. The van der Waals surface area contributed by atoms with Crippen molar-refractivity contribution < 1.29 is 33.6 Å². The van der Waals surface area contributed by atoms with Crippen molar-refractivity contribution in [1.82, 2.24) is 5.32 Å². The molecule has 29 heavy (non-hydrogen) atoms. The zero-order valence-electron chi connectivity index (χ0n) is 16.6. The molecule has 0 bridgehead atoms. The molecular formula is C18H24Cl3NO7. The van der Waals surface area contributed by atoms with E-state index in [0.717, 1.165) is 0 Å². The number of carboxylic acids is 1. The van der Waals surface area contributed by atoms with E-state index in [4.69, 9.17) is 53.8 Å². The number of aliphatic carboxylic acids is 1. The first-order valence-electron chi connectivity index (χ1n) is 8.62. The predicted octanol–water partition coefficient (Wildman–Crippen LogP) is 4.49. The van der Waals surface area contributed by atoms with Gasteiger partial charge < -0.3 is 29.4 Å². The average Bonchev–Trinajstić information content (AvgIpc) is 2.55. The number of carboxylic acid groups (broad SMARTS) is 1. The smallest absolute Gasteiger partial charge is 0.408 e. The largest absolute Gasteiger partial charge is 0.490 e. The molecule has 0 saturated heterocycles. The first-order valence-corrected chi connectivity index (χ1v) is 9.75. The Morgan fingerprint density at radius 1 is 1.07 bits per heavy atom. The van der Waals surface area contributed by atoms with E-state index in [-0.39, 0.29) is 29.3 Å². The van der Waals surface area contributed by atoms with Gasteiger partial charge in [-0.25, -0.2) is 9.59 Å². The van der Waals surface area contributed by atoms with E-state index in [9.17, 15) is 14.7 Å². The molecule has 0 saturated carbocycles. The zero-order chi connectivity index (χ0) is 22.4. The fourth-order valence-electron chi connectivity index (χ4n) is 2.24. The van der Waals surface area contributed by atoms with Crippen LogP contribution in [0.5, 0.6) is 17.2 Å². The van der Waals surface area contributed by atoms with Gasteiger partial charge in [-0.05, 0) is 45.4 Å². The summed E-state index contributed by atoms with van der Waals surface area (Å²) in [5.74, 6) is -0.511. The Hall–Kier alpha value is -1.77. The summed E-state index contributed by atoms with van der Waals surface area (Å²) in [5, 5.41) is 11.8. The second-order valence-corrected chi connectivity index (χ2v) is 9.01. The van der Waals surface area contributed by atoms with Crippen molar-refractivity contribution in [3.63, 3.8) is 0 Å². The molecule has 164 valence electrons. The lowest BCUT2D eigenvalue weighted by Crippen LogP contribution is -2.35. The molecular weight excluding hydrogens is 449 g/mol. The van der Waals surface area contributed by atoms with E-state index >= 15 is 0 Å². The van der Waals surface area contributed by atoms with Crippen molar-refractivity contribution in [2.24, 2.45) is 0 Å². The molecule has 0 aromatic heterocycles. The quantitative estimate of drug-likeness (QED) is 0.510. The van der Waals surface area contributed by atoms with Crippen LogP contribution in [0.15, 0.2) is 12.1 Å². The predicted molar refractivity (Wildman–Crippen MR) is 110 cm³/mol. The molecule has 0 fully saturated rings. The number of nitrogens with one attached hydrogen (secondary N) is 1. The zero-order valence-corrected chi connectivity index (χ0v) is 18.9. The van der Waals surface area contributed by atoms with E-state index in [1.54, 1.807) is 27.7 Å². The second kappa shape index (κ2) is 10.8. The van der Waals surface area contributed by atoms with Crippen LogP contribution in [0.1, 0.15) is 39.3 Å². The molecule has 0 heterocycles. The van der Waals surface area contributed by atoms with Crippen LogP contribution in [0.4, 0.5) is 4.79 Å². The molecule has 0 unspecified atom stereocenters. The number of carbonyl (C=O) groups excluding carboxylic acids is 1. The molecule has 1 aromatic rings. The van der Waals surface area contributed by atoms with Crippen LogP contribution >= 0.6 is 34.8 Å². The highest BCUT2D eigenvalue weighted by atomic mass is 35.6. The van der Waals surface area contributed by atoms with E-state index in [2.05, 4.69) is 5.32 Å². The number of carbonyl (C=O) groups is 2. The van der Waals surface area contributed by atoms with Gasteiger partial charge in [0.25, 0.3) is 0 Å². The van der Waals surface area contributed by atoms with Crippen LogP contribution in [-0.2, 0) is 9.53 Å². The summed E-state index contributed by atoms with van der Waals surface area (Å²) in [4.78, 5) is 23.8. The fourth-order valence-corrected chi connectivity index (χ4v) is 2.41. The van der Waals surface area contributed by atoms with Gasteiger partial charge >= 0.3 is 12.1 Å². The lowest BCUT2D eigenvalue weighted by Gasteiger charge is -2.22. The number of alkyl carbamates (subject to hydrolysis) is 1. The second-order valence-electron chi connectivity index (χ2n) is 6.49. The maximum absolute atomic E-state index is 12.0. The number of hydrogen-bond acceptors (Lipinski definition) is 6. The molecule has 0 radical (unpaired) electrons. The van der Waals surface area contributed by atoms with Gasteiger partial charge in [0.05, 0.1) is 19.3 Å². The molecule has 1 amide bonds. The molecule has 1 atom stereocenters. The van der Waals surface area contributed by atoms with Crippen molar-refractivity contribution in [2.45, 2.75) is 49.7 Å². The lowest BCUT2D eigenvalue weighted by atomic mass is 10.1. The normalized spacial score (nSPS) is 12.5. The average molecular weight is 473 g/mol. The Balaban J connectivity index is 3.30. The van der Waals surface area contributed by atoms with E-state index < -0.39 is 28.5 Å². The third-order valence-electron chi connectivity index (χ3n) is 3.18. The Kier molecular flexibility index (Phi) is 9.45. The minimum absolute atomic E-state index is 0.176. The summed E-state index contributed by atoms with van der Waals surface area (Å²) in [7, 11) is 1.44. The van der Waals surface area contributed by atoms with Gasteiger partial charge in [-0.2, -0.15) is 0 Å². The summed E-state index contributed by atoms with van der Waals surface area (Å²) in [6, 6.07) is 1.41. The number of rotatable bonds is 9. The Morgan fingerprint density at radius 2 is 1.55 bits per heavy atom. The molecule has 8 nitrogen and oxygen atoms in total. The summed E-state index contributed by atoms with van der Waals surface area (Å²) < 4.78 is 19.8. The van der Waals surface area contributed by atoms with Crippen molar-refractivity contribution in [3.8, 4) is 17.2 Å². The van der Waals surface area contributed by atoms with Crippen LogP contribution in [0.2, 0.25) is 0 Å². The van der Waals surface area contributed by atoms with Crippen LogP contribution < -0.4 is 19.5 Å². The summed E-state index contributed by atoms with van der Waals surface area (Å²) in [6.45, 7) is 6.65. The molecule has 0 aliphatic heterocycles. The Labute approximate surface area is 184 Å². The number of ether oxygens (including phenoxy) is 4. The Morgan fingerprint density at radius 3 is 1.90 bits per heavy atom. The van der Waals surface area contributed by atoms with Gasteiger partial charge in [0.15, 0.2) is 17.5 Å². The number of methoxy groups -OCH3 is 1. The SMILES string of the molecule is COc1c(OC(C)C)cc([C@@H](NC(=O)OCC(Cl)(Cl)Cl)C(=O)O)cc1OC(C)C. The monoisotopic (exact) mass is 471 g/mol. The van der Waals surface area contributed by atoms with Gasteiger partial charge in [0.1, 0.15) is 6.61 Å². The highest BCUT2D eigenvalue weighted by Gasteiger charge is 2.29. The maximum Gasteiger partial charge on any atom is 0.408 e. The van der Waals surface area contributed by atoms with E-state index in [0.29, 0.717) is 5.75 Å². The molecule has 0 aliphatic carbocycles. The highest BCUT2D eigenvalue weighted by molar-refractivity contribution is 6.67. The van der Waals surface area contributed by atoms with Crippen LogP contribution in [0.3, 0.4) is 0 Å². The van der Waals surface area contributed by atoms with Crippen LogP contribution in [0, 0.1) is 0 Å². The van der Waals surface area contributed by atoms with Gasteiger partial charge in [-0.1, -0.05) is 34.8 Å². The number of alkyl halides is 3. The highest BCUT2D eigenvalue weighted by Crippen LogP contribution is 2.41. The van der Waals surface area contributed by atoms with E-state index in [1.807, 2.05) is 0 Å². The molecule has 11 heteroatoms. The van der Waals surface area contributed by atoms with Crippen molar-refractivity contribution in [3.05, 3.63) is 17.7 Å². The number of halogens is 3. The first kappa shape index (κ1) is 25.3. The lowest BCUT2D eigenvalue weighted by molar-refractivity contribution is -0.139. The summed E-state index contributed by atoms with van der Waals surface area (Å²) >= 11 is 16.6. The standard InChI is InChI=1S/C18H24Cl3NO7/c1-9(2)28-12-6-11(7-13(15(12)26-5)29-10(3)4)14(16(23)24)22-17(25)27-8-18(19,20)21/h6-7,9-10,14H,8H2,1-5H3,(H,22,25)(H,23,24)/t14-/m1/s1. The number of benzene rings is 1. The minimum atomic E-state index is -1.83. The van der Waals surface area contributed by atoms with E-state index in [1.165, 1.54) is 19.2 Å². The first-order chi connectivity index (χ1) is 13.3. The summed E-state index contributed by atoms with van der Waals surface area (Å²) in [6.07, 6.45) is -1.52. The fraction of sp³-hybridized carbons (Fsp3) is 0.556. The maximum atomic E-state index is 12.0. The Bertz CT molecular complexity index is 689. The molecule has 1 aromatic carbocycles. The van der Waals surface area contributed by atoms with Crippen LogP contribution in [-0.4, -0.2) is 46.9 Å². The van der Waals surface area contributed by atoms with Crippen molar-refractivity contribution in [2.75, 3.05) is 13.7 Å². The van der Waals surface area contributed by atoms with Gasteiger partial charge in [-0.3, -0.25) is 0 Å².